The molecule has 2 bridgehead atoms. The number of carboxylic acid groups (broad SMARTS) is 1. The Kier molecular flexibility index (Phi) is 5.29. The highest BCUT2D eigenvalue weighted by Gasteiger charge is 2.56. The average molecular weight is 328 g/mol. The number of fused-ring (bicyclic) bond motifs is 2. The van der Waals surface area contributed by atoms with Crippen molar-refractivity contribution in [3.05, 3.63) is 0 Å². The first-order valence-electron chi connectivity index (χ1n) is 8.00. The van der Waals surface area contributed by atoms with E-state index >= 15 is 0 Å². The summed E-state index contributed by atoms with van der Waals surface area (Å²) in [6.45, 7) is 5.34. The zero-order chi connectivity index (χ0) is 17.2. The second kappa shape index (κ2) is 6.86. The highest BCUT2D eigenvalue weighted by atomic mass is 16.6. The van der Waals surface area contributed by atoms with Gasteiger partial charge in [0.1, 0.15) is 13.2 Å². The lowest BCUT2D eigenvalue weighted by atomic mass is 9.79. The molecule has 0 radical (unpaired) electrons. The minimum atomic E-state index is -1.03. The minimum absolute atomic E-state index is 0.0343. The van der Waals surface area contributed by atoms with E-state index in [-0.39, 0.29) is 25.3 Å². The fraction of sp³-hybridized carbons (Fsp3) is 0.812. The molecule has 0 saturated carbocycles. The number of esters is 2. The van der Waals surface area contributed by atoms with E-state index < -0.39 is 35.3 Å². The van der Waals surface area contributed by atoms with Crippen LogP contribution in [0.4, 0.5) is 0 Å². The summed E-state index contributed by atoms with van der Waals surface area (Å²) < 4.78 is 15.7. The van der Waals surface area contributed by atoms with Crippen LogP contribution in [0.25, 0.3) is 0 Å². The van der Waals surface area contributed by atoms with Crippen molar-refractivity contribution in [2.24, 2.45) is 17.3 Å². The molecule has 2 saturated heterocycles. The van der Waals surface area contributed by atoms with Crippen LogP contribution >= 0.6 is 0 Å². The van der Waals surface area contributed by atoms with Gasteiger partial charge in [-0.2, -0.15) is 0 Å². The van der Waals surface area contributed by atoms with E-state index in [0.29, 0.717) is 19.3 Å². The van der Waals surface area contributed by atoms with Crippen LogP contribution in [0.1, 0.15) is 40.0 Å². The third-order valence-corrected chi connectivity index (χ3v) is 4.83. The number of carbonyl (C=O) groups excluding carboxylic acids is 2. The van der Waals surface area contributed by atoms with Gasteiger partial charge in [-0.05, 0) is 33.1 Å². The Morgan fingerprint density at radius 1 is 1.09 bits per heavy atom. The Morgan fingerprint density at radius 3 is 2.22 bits per heavy atom. The van der Waals surface area contributed by atoms with Crippen LogP contribution in [-0.4, -0.2) is 48.4 Å². The van der Waals surface area contributed by atoms with Gasteiger partial charge in [0.05, 0.1) is 29.5 Å². The molecule has 0 aliphatic carbocycles. The van der Waals surface area contributed by atoms with Gasteiger partial charge in [0.2, 0.25) is 0 Å². The standard InChI is InChI=1S/C16H24O7/c1-4-16(2,3)15(20)22-8-7-21-14(19)12-10-6-5-9(23-10)11(12)13(17)18/h9-12H,4-8H2,1-3H3,(H,17,18). The summed E-state index contributed by atoms with van der Waals surface area (Å²) in [6.07, 6.45) is 1.20. The average Bonchev–Trinajstić information content (AvgIpc) is 3.11. The van der Waals surface area contributed by atoms with Crippen LogP contribution in [0.5, 0.6) is 0 Å². The van der Waals surface area contributed by atoms with Crippen molar-refractivity contribution in [2.75, 3.05) is 13.2 Å². The first-order valence-corrected chi connectivity index (χ1v) is 8.00. The van der Waals surface area contributed by atoms with Crippen LogP contribution < -0.4 is 0 Å². The van der Waals surface area contributed by atoms with Crippen LogP contribution in [0.15, 0.2) is 0 Å². The molecule has 7 heteroatoms. The van der Waals surface area contributed by atoms with Gasteiger partial charge in [0.15, 0.2) is 0 Å². The van der Waals surface area contributed by atoms with E-state index in [1.54, 1.807) is 13.8 Å². The summed E-state index contributed by atoms with van der Waals surface area (Å²) in [6, 6.07) is 0. The topological polar surface area (TPSA) is 99.1 Å². The molecule has 4 atom stereocenters. The second-order valence-corrected chi connectivity index (χ2v) is 6.72. The zero-order valence-corrected chi connectivity index (χ0v) is 13.7. The van der Waals surface area contributed by atoms with Crippen LogP contribution in [0.3, 0.4) is 0 Å². The molecule has 2 aliphatic heterocycles. The smallest absolute Gasteiger partial charge is 0.312 e. The van der Waals surface area contributed by atoms with E-state index in [9.17, 15) is 19.5 Å². The summed E-state index contributed by atoms with van der Waals surface area (Å²) in [5.74, 6) is -3.58. The maximum atomic E-state index is 12.1. The fourth-order valence-corrected chi connectivity index (χ4v) is 3.00. The summed E-state index contributed by atoms with van der Waals surface area (Å²) in [5.41, 5.74) is -0.573. The number of rotatable bonds is 7. The second-order valence-electron chi connectivity index (χ2n) is 6.72. The Hall–Kier alpha value is -1.63. The molecule has 2 fully saturated rings. The Labute approximate surface area is 135 Å². The van der Waals surface area contributed by atoms with Crippen LogP contribution in [0, 0.1) is 17.3 Å². The van der Waals surface area contributed by atoms with E-state index in [2.05, 4.69) is 0 Å². The number of aliphatic carboxylic acids is 1. The van der Waals surface area contributed by atoms with E-state index in [4.69, 9.17) is 14.2 Å². The van der Waals surface area contributed by atoms with E-state index in [1.165, 1.54) is 0 Å². The Bertz CT molecular complexity index is 485. The predicted octanol–water partition coefficient (Wildman–Crippen LogP) is 1.39. The Morgan fingerprint density at radius 2 is 1.65 bits per heavy atom. The van der Waals surface area contributed by atoms with Gasteiger partial charge in [0, 0.05) is 0 Å². The molecule has 2 heterocycles. The summed E-state index contributed by atoms with van der Waals surface area (Å²) in [5, 5.41) is 9.26. The molecule has 23 heavy (non-hydrogen) atoms. The maximum absolute atomic E-state index is 12.1. The number of carbonyl (C=O) groups is 3. The molecular weight excluding hydrogens is 304 g/mol. The monoisotopic (exact) mass is 328 g/mol. The number of ether oxygens (including phenoxy) is 3. The van der Waals surface area contributed by atoms with Crippen molar-refractivity contribution in [1.82, 2.24) is 0 Å². The van der Waals surface area contributed by atoms with Crippen molar-refractivity contribution in [3.8, 4) is 0 Å². The van der Waals surface area contributed by atoms with Crippen molar-refractivity contribution >= 4 is 17.9 Å². The van der Waals surface area contributed by atoms with Crippen LogP contribution in [0.2, 0.25) is 0 Å². The summed E-state index contributed by atoms with van der Waals surface area (Å²) in [4.78, 5) is 35.2. The third-order valence-electron chi connectivity index (χ3n) is 4.83. The zero-order valence-electron chi connectivity index (χ0n) is 13.7. The molecule has 2 aliphatic rings. The molecule has 0 spiro atoms. The van der Waals surface area contributed by atoms with Gasteiger partial charge < -0.3 is 19.3 Å². The predicted molar refractivity (Wildman–Crippen MR) is 78.5 cm³/mol. The first-order chi connectivity index (χ1) is 10.8. The molecule has 1 N–H and O–H groups in total. The SMILES string of the molecule is CCC(C)(C)C(=O)OCCOC(=O)C1C2CCC(O2)C1C(=O)O. The number of carboxylic acids is 1. The normalized spacial score (nSPS) is 29.3. The largest absolute Gasteiger partial charge is 0.481 e. The third kappa shape index (κ3) is 3.65. The lowest BCUT2D eigenvalue weighted by Crippen LogP contribution is -2.39. The van der Waals surface area contributed by atoms with Crippen LogP contribution in [-0.2, 0) is 28.6 Å². The first kappa shape index (κ1) is 17.7. The van der Waals surface area contributed by atoms with E-state index in [1.807, 2.05) is 6.92 Å². The fourth-order valence-electron chi connectivity index (χ4n) is 3.00. The molecule has 0 aromatic heterocycles. The molecule has 2 rings (SSSR count). The molecule has 4 unspecified atom stereocenters. The van der Waals surface area contributed by atoms with E-state index in [0.717, 1.165) is 0 Å². The maximum Gasteiger partial charge on any atom is 0.312 e. The van der Waals surface area contributed by atoms with Crippen molar-refractivity contribution < 1.29 is 33.7 Å². The van der Waals surface area contributed by atoms with Crippen molar-refractivity contribution in [1.29, 1.82) is 0 Å². The minimum Gasteiger partial charge on any atom is -0.481 e. The van der Waals surface area contributed by atoms with Crippen molar-refractivity contribution in [2.45, 2.75) is 52.2 Å². The molecule has 0 amide bonds. The highest BCUT2D eigenvalue weighted by Crippen LogP contribution is 2.44. The van der Waals surface area contributed by atoms with Crippen molar-refractivity contribution in [3.63, 3.8) is 0 Å². The molecule has 7 nitrogen and oxygen atoms in total. The van der Waals surface area contributed by atoms with Gasteiger partial charge in [0.25, 0.3) is 0 Å². The van der Waals surface area contributed by atoms with Gasteiger partial charge >= 0.3 is 17.9 Å². The van der Waals surface area contributed by atoms with Gasteiger partial charge in [-0.1, -0.05) is 6.92 Å². The number of hydrogen-bond acceptors (Lipinski definition) is 6. The molecular formula is C16H24O7. The Balaban J connectivity index is 1.79. The lowest BCUT2D eigenvalue weighted by molar-refractivity contribution is -0.163. The lowest BCUT2D eigenvalue weighted by Gasteiger charge is -2.23. The van der Waals surface area contributed by atoms with Gasteiger partial charge in [-0.15, -0.1) is 0 Å². The van der Waals surface area contributed by atoms with Gasteiger partial charge in [-0.3, -0.25) is 14.4 Å². The quantitative estimate of drug-likeness (QED) is 0.557. The number of hydrogen-bond donors (Lipinski definition) is 1. The highest BCUT2D eigenvalue weighted by molar-refractivity contribution is 5.83. The molecule has 0 aromatic rings. The van der Waals surface area contributed by atoms with Gasteiger partial charge in [-0.25, -0.2) is 0 Å². The summed E-state index contributed by atoms with van der Waals surface area (Å²) in [7, 11) is 0. The molecule has 0 aromatic carbocycles. The summed E-state index contributed by atoms with van der Waals surface area (Å²) >= 11 is 0. The molecule has 130 valence electrons.